The van der Waals surface area contributed by atoms with Gasteiger partial charge in [0, 0.05) is 0 Å². The number of fused-ring (bicyclic) bond motifs is 12. The van der Waals surface area contributed by atoms with E-state index in [-0.39, 0.29) is 0 Å². The van der Waals surface area contributed by atoms with Gasteiger partial charge >= 0.3 is 7.12 Å². The predicted molar refractivity (Wildman–Crippen MR) is 190 cm³/mol. The molecule has 1 fully saturated rings. The Morgan fingerprint density at radius 3 is 1.57 bits per heavy atom. The highest BCUT2D eigenvalue weighted by molar-refractivity contribution is 6.62. The van der Waals surface area contributed by atoms with Crippen LogP contribution < -0.4 is 5.46 Å². The van der Waals surface area contributed by atoms with E-state index in [1.54, 1.807) is 0 Å². The van der Waals surface area contributed by atoms with Crippen molar-refractivity contribution in [2.75, 3.05) is 0 Å². The largest absolute Gasteiger partial charge is 0.494 e. The average Bonchev–Trinajstić information content (AvgIpc) is 3.65. The molecular weight excluding hydrogens is 571 g/mol. The van der Waals surface area contributed by atoms with Crippen LogP contribution in [0.5, 0.6) is 0 Å². The molecule has 3 aliphatic carbocycles. The molecule has 4 aliphatic rings. The molecule has 6 aromatic rings. The second-order valence-corrected chi connectivity index (χ2v) is 14.6. The minimum absolute atomic E-state index is 0.404. The summed E-state index contributed by atoms with van der Waals surface area (Å²) < 4.78 is 13.1. The van der Waals surface area contributed by atoms with Crippen molar-refractivity contribution in [3.05, 3.63) is 184 Å². The van der Waals surface area contributed by atoms with Gasteiger partial charge in [0.2, 0.25) is 0 Å². The summed E-state index contributed by atoms with van der Waals surface area (Å²) in [6.45, 7) is 8.49. The van der Waals surface area contributed by atoms with Crippen LogP contribution in [0.25, 0.3) is 22.3 Å². The Balaban J connectivity index is 1.32. The molecule has 2 nitrogen and oxygen atoms in total. The lowest BCUT2D eigenvalue weighted by Gasteiger charge is -2.48. The third-order valence-electron chi connectivity index (χ3n) is 12.0. The van der Waals surface area contributed by atoms with Crippen molar-refractivity contribution in [2.24, 2.45) is 0 Å². The SMILES string of the molecule is CC1(C)OB(c2ccc3c(c2)-c2ccccc2C32c3ccccc3C3(c4ccccc4)c4ccccc4-c4cccc2c43)OC1(C)C. The molecule has 1 saturated heterocycles. The highest BCUT2D eigenvalue weighted by Gasteiger charge is 2.60. The van der Waals surface area contributed by atoms with Gasteiger partial charge in [0.05, 0.1) is 22.0 Å². The molecule has 1 heterocycles. The monoisotopic (exact) mass is 606 g/mol. The maximum atomic E-state index is 6.56. The number of benzene rings is 6. The molecule has 1 spiro atoms. The van der Waals surface area contributed by atoms with Crippen LogP contribution in [-0.2, 0) is 20.1 Å². The molecule has 0 amide bonds. The Kier molecular flexibility index (Phi) is 5.26. The van der Waals surface area contributed by atoms with E-state index in [2.05, 4.69) is 167 Å². The molecule has 0 N–H and O–H groups in total. The van der Waals surface area contributed by atoms with Gasteiger partial charge in [-0.2, -0.15) is 0 Å². The molecule has 0 saturated carbocycles. The molecule has 10 rings (SSSR count). The predicted octanol–water partition coefficient (Wildman–Crippen LogP) is 9.03. The van der Waals surface area contributed by atoms with Gasteiger partial charge in [-0.1, -0.05) is 140 Å². The second-order valence-electron chi connectivity index (χ2n) is 14.6. The maximum absolute atomic E-state index is 6.56. The van der Waals surface area contributed by atoms with Crippen LogP contribution in [0.15, 0.2) is 140 Å². The molecular formula is C44H35BO2. The van der Waals surface area contributed by atoms with Crippen molar-refractivity contribution >= 4 is 12.6 Å². The Morgan fingerprint density at radius 2 is 0.894 bits per heavy atom. The minimum Gasteiger partial charge on any atom is -0.399 e. The first-order valence-corrected chi connectivity index (χ1v) is 16.8. The van der Waals surface area contributed by atoms with Crippen molar-refractivity contribution in [3.8, 4) is 22.3 Å². The van der Waals surface area contributed by atoms with E-state index in [1.807, 2.05) is 0 Å². The lowest BCUT2D eigenvalue weighted by molar-refractivity contribution is 0.00578. The summed E-state index contributed by atoms with van der Waals surface area (Å²) in [6, 6.07) is 52.5. The van der Waals surface area contributed by atoms with Crippen LogP contribution >= 0.6 is 0 Å². The topological polar surface area (TPSA) is 18.5 Å². The third kappa shape index (κ3) is 3.15. The molecule has 0 radical (unpaired) electrons. The lowest BCUT2D eigenvalue weighted by Crippen LogP contribution is -2.43. The standard InChI is InChI=1S/C44H35BO2/c1-41(2)42(3,4)47-45(46-41)29-25-26-36-33(27-29)31-18-9-11-21-35(31)44(36)38-23-13-12-22-37(38)43(28-15-6-5-7-16-28)34-20-10-8-17-30(34)32-19-14-24-39(44)40(32)43/h5-27H,1-4H3. The van der Waals surface area contributed by atoms with Gasteiger partial charge in [0.15, 0.2) is 0 Å². The van der Waals surface area contributed by atoms with E-state index >= 15 is 0 Å². The van der Waals surface area contributed by atoms with Gasteiger partial charge < -0.3 is 9.31 Å². The maximum Gasteiger partial charge on any atom is 0.494 e. The van der Waals surface area contributed by atoms with Crippen molar-refractivity contribution < 1.29 is 9.31 Å². The van der Waals surface area contributed by atoms with Crippen molar-refractivity contribution in [1.29, 1.82) is 0 Å². The van der Waals surface area contributed by atoms with Crippen LogP contribution in [0.3, 0.4) is 0 Å². The molecule has 1 aliphatic heterocycles. The third-order valence-corrected chi connectivity index (χ3v) is 12.0. The van der Waals surface area contributed by atoms with Crippen molar-refractivity contribution in [2.45, 2.75) is 49.7 Å². The molecule has 226 valence electrons. The summed E-state index contributed by atoms with van der Waals surface area (Å²) in [5, 5.41) is 0. The number of hydrogen-bond acceptors (Lipinski definition) is 2. The molecule has 2 unspecified atom stereocenters. The van der Waals surface area contributed by atoms with Crippen LogP contribution in [0.2, 0.25) is 0 Å². The van der Waals surface area contributed by atoms with Crippen LogP contribution in [-0.4, -0.2) is 18.3 Å². The van der Waals surface area contributed by atoms with E-state index in [9.17, 15) is 0 Å². The van der Waals surface area contributed by atoms with Gasteiger partial charge in [0.25, 0.3) is 0 Å². The Morgan fingerprint density at radius 1 is 0.404 bits per heavy atom. The van der Waals surface area contributed by atoms with Crippen molar-refractivity contribution in [1.82, 2.24) is 0 Å². The quantitative estimate of drug-likeness (QED) is 0.183. The van der Waals surface area contributed by atoms with Gasteiger partial charge in [-0.3, -0.25) is 0 Å². The zero-order valence-corrected chi connectivity index (χ0v) is 27.2. The molecule has 6 aromatic carbocycles. The van der Waals surface area contributed by atoms with Crippen LogP contribution in [0.4, 0.5) is 0 Å². The Hall–Kier alpha value is -4.70. The molecule has 0 aromatic heterocycles. The minimum atomic E-state index is -0.483. The van der Waals surface area contributed by atoms with E-state index < -0.39 is 29.2 Å². The smallest absolute Gasteiger partial charge is 0.399 e. The zero-order chi connectivity index (χ0) is 31.8. The summed E-state index contributed by atoms with van der Waals surface area (Å²) in [4.78, 5) is 0. The summed E-state index contributed by atoms with van der Waals surface area (Å²) in [5.74, 6) is 0. The molecule has 2 atom stereocenters. The van der Waals surface area contributed by atoms with E-state index in [1.165, 1.54) is 66.8 Å². The molecule has 3 heteroatoms. The summed E-state index contributed by atoms with van der Waals surface area (Å²) in [5.41, 5.74) is 15.3. The van der Waals surface area contributed by atoms with E-state index in [4.69, 9.17) is 9.31 Å². The lowest BCUT2D eigenvalue weighted by atomic mass is 9.52. The zero-order valence-electron chi connectivity index (χ0n) is 27.2. The first-order chi connectivity index (χ1) is 22.8. The van der Waals surface area contributed by atoms with Gasteiger partial charge in [0.1, 0.15) is 0 Å². The summed E-state index contributed by atoms with van der Waals surface area (Å²) >= 11 is 0. The normalized spacial score (nSPS) is 23.2. The Bertz CT molecular complexity index is 2270. The van der Waals surface area contributed by atoms with Gasteiger partial charge in [-0.25, -0.2) is 0 Å². The fourth-order valence-electron chi connectivity index (χ4n) is 9.39. The Labute approximate surface area is 277 Å². The molecule has 47 heavy (non-hydrogen) atoms. The van der Waals surface area contributed by atoms with Gasteiger partial charge in [-0.05, 0) is 99.9 Å². The first kappa shape index (κ1) is 27.4. The van der Waals surface area contributed by atoms with E-state index in [0.29, 0.717) is 0 Å². The average molecular weight is 607 g/mol. The number of rotatable bonds is 2. The number of hydrogen-bond donors (Lipinski definition) is 0. The highest BCUT2D eigenvalue weighted by atomic mass is 16.7. The highest BCUT2D eigenvalue weighted by Crippen LogP contribution is 2.68. The second kappa shape index (κ2) is 9.01. The van der Waals surface area contributed by atoms with Crippen molar-refractivity contribution in [3.63, 3.8) is 0 Å². The van der Waals surface area contributed by atoms with Crippen LogP contribution in [0.1, 0.15) is 72.2 Å². The van der Waals surface area contributed by atoms with Gasteiger partial charge in [-0.15, -0.1) is 0 Å². The van der Waals surface area contributed by atoms with E-state index in [0.717, 1.165) is 5.46 Å². The summed E-state index contributed by atoms with van der Waals surface area (Å²) in [6.07, 6.45) is 0. The molecule has 0 bridgehead atoms. The first-order valence-electron chi connectivity index (χ1n) is 16.8. The fourth-order valence-corrected chi connectivity index (χ4v) is 9.39. The fraction of sp³-hybridized carbons (Fsp3) is 0.182. The van der Waals surface area contributed by atoms with Crippen LogP contribution in [0, 0.1) is 0 Å². The summed E-state index contributed by atoms with van der Waals surface area (Å²) in [7, 11) is -0.422.